The number of aromatic nitrogens is 1. The number of hydrogen-bond donors (Lipinski definition) is 2. The highest BCUT2D eigenvalue weighted by molar-refractivity contribution is 5.94. The molecule has 0 fully saturated rings. The lowest BCUT2D eigenvalue weighted by atomic mass is 10.2. The van der Waals surface area contributed by atoms with Crippen molar-refractivity contribution < 1.29 is 23.6 Å². The molecule has 0 aliphatic heterocycles. The Labute approximate surface area is 86.7 Å². The predicted octanol–water partition coefficient (Wildman–Crippen LogP) is 1.21. The Bertz CT molecular complexity index is 463. The molecule has 0 aliphatic rings. The van der Waals surface area contributed by atoms with Gasteiger partial charge in [0.25, 0.3) is 6.43 Å². The summed E-state index contributed by atoms with van der Waals surface area (Å²) >= 11 is 0. The summed E-state index contributed by atoms with van der Waals surface area (Å²) in [6.45, 7) is 0. The number of nitrogens with zero attached hydrogens (tertiary/aromatic N) is 2. The molecule has 0 amide bonds. The minimum absolute atomic E-state index is 0.432. The van der Waals surface area contributed by atoms with E-state index in [4.69, 9.17) is 10.8 Å². The van der Waals surface area contributed by atoms with Crippen LogP contribution in [0.25, 0.3) is 0 Å². The number of alkyl halides is 2. The number of pyridine rings is 1. The molecule has 1 aromatic heterocycles. The van der Waals surface area contributed by atoms with Crippen LogP contribution in [0, 0.1) is 10.1 Å². The van der Waals surface area contributed by atoms with Gasteiger partial charge in [0.05, 0.1) is 4.92 Å². The van der Waals surface area contributed by atoms with E-state index in [0.29, 0.717) is 6.07 Å². The zero-order valence-electron chi connectivity index (χ0n) is 7.55. The summed E-state index contributed by atoms with van der Waals surface area (Å²) in [4.78, 5) is 23.1. The number of aromatic carboxylic acids is 1. The van der Waals surface area contributed by atoms with Crippen molar-refractivity contribution in [3.8, 4) is 0 Å². The number of halogens is 2. The Morgan fingerprint density at radius 2 is 2.19 bits per heavy atom. The summed E-state index contributed by atoms with van der Waals surface area (Å²) in [5.41, 5.74) is 2.23. The number of carboxylic acid groups (broad SMARTS) is 1. The van der Waals surface area contributed by atoms with Crippen molar-refractivity contribution in [1.82, 2.24) is 4.98 Å². The zero-order valence-corrected chi connectivity index (χ0v) is 7.55. The zero-order chi connectivity index (χ0) is 12.5. The Balaban J connectivity index is 3.52. The molecule has 3 N–H and O–H groups in total. The number of rotatable bonds is 3. The van der Waals surface area contributed by atoms with E-state index in [9.17, 15) is 23.7 Å². The smallest absolute Gasteiger partial charge is 0.342 e. The Morgan fingerprint density at radius 3 is 2.56 bits per heavy atom. The van der Waals surface area contributed by atoms with Crippen LogP contribution in [0.3, 0.4) is 0 Å². The fraction of sp³-hybridized carbons (Fsp3) is 0.143. The van der Waals surface area contributed by atoms with Gasteiger partial charge < -0.3 is 10.8 Å². The van der Waals surface area contributed by atoms with Crippen molar-refractivity contribution in [3.63, 3.8) is 0 Å². The van der Waals surface area contributed by atoms with Gasteiger partial charge in [-0.25, -0.2) is 18.6 Å². The van der Waals surface area contributed by atoms with Gasteiger partial charge in [-0.15, -0.1) is 0 Å². The first kappa shape index (κ1) is 11.8. The quantitative estimate of drug-likeness (QED) is 0.598. The molecule has 1 aromatic rings. The molecule has 0 spiro atoms. The summed E-state index contributed by atoms with van der Waals surface area (Å²) in [7, 11) is 0. The van der Waals surface area contributed by atoms with Gasteiger partial charge in [-0.05, 0) is 6.07 Å². The van der Waals surface area contributed by atoms with E-state index < -0.39 is 40.1 Å². The molecular formula is C7H5F2N3O4. The van der Waals surface area contributed by atoms with E-state index in [1.54, 1.807) is 0 Å². The lowest BCUT2D eigenvalue weighted by Gasteiger charge is -2.04. The van der Waals surface area contributed by atoms with Gasteiger partial charge in [0.2, 0.25) is 5.82 Å². The predicted molar refractivity (Wildman–Crippen MR) is 47.2 cm³/mol. The van der Waals surface area contributed by atoms with Crippen LogP contribution in [-0.2, 0) is 0 Å². The number of nitro groups is 1. The molecule has 0 saturated heterocycles. The first-order valence-electron chi connectivity index (χ1n) is 3.80. The molecule has 0 saturated carbocycles. The van der Waals surface area contributed by atoms with Crippen molar-refractivity contribution in [2.75, 3.05) is 5.73 Å². The second-order valence-electron chi connectivity index (χ2n) is 2.69. The lowest BCUT2D eigenvalue weighted by Crippen LogP contribution is -2.09. The summed E-state index contributed by atoms with van der Waals surface area (Å²) in [5.74, 6) is -2.57. The molecule has 0 bridgehead atoms. The first-order chi connectivity index (χ1) is 7.34. The summed E-state index contributed by atoms with van der Waals surface area (Å²) in [5, 5.41) is 19.1. The van der Waals surface area contributed by atoms with Crippen LogP contribution in [0.2, 0.25) is 0 Å². The molecule has 0 unspecified atom stereocenters. The normalized spacial score (nSPS) is 10.4. The molecule has 16 heavy (non-hydrogen) atoms. The molecule has 0 radical (unpaired) electrons. The SMILES string of the molecule is Nc1nc(C(F)F)cc(C(=O)O)c1[N+](=O)[O-]. The molecule has 1 rings (SSSR count). The van der Waals surface area contributed by atoms with E-state index in [-0.39, 0.29) is 0 Å². The highest BCUT2D eigenvalue weighted by atomic mass is 19.3. The monoisotopic (exact) mass is 233 g/mol. The van der Waals surface area contributed by atoms with Crippen molar-refractivity contribution in [1.29, 1.82) is 0 Å². The average molecular weight is 233 g/mol. The van der Waals surface area contributed by atoms with Gasteiger partial charge >= 0.3 is 11.7 Å². The number of carbonyl (C=O) groups is 1. The van der Waals surface area contributed by atoms with Gasteiger partial charge in [0.15, 0.2) is 0 Å². The van der Waals surface area contributed by atoms with Crippen LogP contribution in [0.5, 0.6) is 0 Å². The summed E-state index contributed by atoms with van der Waals surface area (Å²) < 4.78 is 24.5. The summed E-state index contributed by atoms with van der Waals surface area (Å²) in [6.07, 6.45) is -3.05. The number of hydrogen-bond acceptors (Lipinski definition) is 5. The molecule has 1 heterocycles. The highest BCUT2D eigenvalue weighted by Crippen LogP contribution is 2.28. The van der Waals surface area contributed by atoms with Gasteiger partial charge in [-0.2, -0.15) is 0 Å². The van der Waals surface area contributed by atoms with Crippen LogP contribution in [0.1, 0.15) is 22.5 Å². The third-order valence-electron chi connectivity index (χ3n) is 1.68. The minimum atomic E-state index is -3.05. The minimum Gasteiger partial charge on any atom is -0.477 e. The topological polar surface area (TPSA) is 119 Å². The van der Waals surface area contributed by atoms with E-state index in [1.165, 1.54) is 0 Å². The van der Waals surface area contributed by atoms with Gasteiger partial charge in [0.1, 0.15) is 11.3 Å². The summed E-state index contributed by atoms with van der Waals surface area (Å²) in [6, 6.07) is 0.432. The van der Waals surface area contributed by atoms with Crippen LogP contribution >= 0.6 is 0 Å². The second kappa shape index (κ2) is 4.04. The van der Waals surface area contributed by atoms with Crippen molar-refractivity contribution in [2.24, 2.45) is 0 Å². The maximum Gasteiger partial charge on any atom is 0.342 e. The number of nitrogen functional groups attached to an aromatic ring is 1. The maximum atomic E-state index is 12.2. The molecule has 7 nitrogen and oxygen atoms in total. The standard InChI is InChI=1S/C7H5F2N3O4/c8-5(9)3-1-2(7(13)14)4(12(15)16)6(10)11-3/h1,5H,(H2,10,11)(H,13,14). The van der Waals surface area contributed by atoms with Gasteiger partial charge in [0, 0.05) is 0 Å². The maximum absolute atomic E-state index is 12.2. The third kappa shape index (κ3) is 2.02. The number of anilines is 1. The van der Waals surface area contributed by atoms with E-state index in [2.05, 4.69) is 4.98 Å². The molecule has 9 heteroatoms. The lowest BCUT2D eigenvalue weighted by molar-refractivity contribution is -0.384. The largest absolute Gasteiger partial charge is 0.477 e. The van der Waals surface area contributed by atoms with Crippen LogP contribution in [-0.4, -0.2) is 21.0 Å². The third-order valence-corrected chi connectivity index (χ3v) is 1.68. The Morgan fingerprint density at radius 1 is 1.62 bits per heavy atom. The van der Waals surface area contributed by atoms with E-state index in [0.717, 1.165) is 0 Å². The average Bonchev–Trinajstić information content (AvgIpc) is 2.15. The van der Waals surface area contributed by atoms with Crippen LogP contribution in [0.15, 0.2) is 6.07 Å². The van der Waals surface area contributed by atoms with Crippen LogP contribution < -0.4 is 5.73 Å². The molecule has 0 atom stereocenters. The van der Waals surface area contributed by atoms with E-state index in [1.807, 2.05) is 0 Å². The Kier molecular flexibility index (Phi) is 2.97. The molecule has 0 aliphatic carbocycles. The number of nitrogens with two attached hydrogens (primary N) is 1. The molecule has 86 valence electrons. The van der Waals surface area contributed by atoms with Gasteiger partial charge in [-0.3, -0.25) is 10.1 Å². The number of carboxylic acids is 1. The Hall–Kier alpha value is -2.32. The fourth-order valence-corrected chi connectivity index (χ4v) is 1.05. The van der Waals surface area contributed by atoms with Crippen molar-refractivity contribution >= 4 is 17.5 Å². The highest BCUT2D eigenvalue weighted by Gasteiger charge is 2.27. The molecular weight excluding hydrogens is 228 g/mol. The van der Waals surface area contributed by atoms with Gasteiger partial charge in [-0.1, -0.05) is 0 Å². The molecule has 0 aromatic carbocycles. The second-order valence-corrected chi connectivity index (χ2v) is 2.69. The van der Waals surface area contributed by atoms with Crippen molar-refractivity contribution in [3.05, 3.63) is 27.4 Å². The van der Waals surface area contributed by atoms with Crippen molar-refractivity contribution in [2.45, 2.75) is 6.43 Å². The van der Waals surface area contributed by atoms with Crippen LogP contribution in [0.4, 0.5) is 20.3 Å². The van der Waals surface area contributed by atoms with E-state index >= 15 is 0 Å². The fourth-order valence-electron chi connectivity index (χ4n) is 1.05. The first-order valence-corrected chi connectivity index (χ1v) is 3.80.